The van der Waals surface area contributed by atoms with Gasteiger partial charge in [-0.1, -0.05) is 35.9 Å². The number of aliphatic hydroxyl groups excluding tert-OH is 1. The van der Waals surface area contributed by atoms with Gasteiger partial charge >= 0.3 is 5.97 Å². The van der Waals surface area contributed by atoms with Crippen LogP contribution in [0.15, 0.2) is 42.5 Å². The number of fused-ring (bicyclic) bond motifs is 3. The number of carboxylic acids is 1. The summed E-state index contributed by atoms with van der Waals surface area (Å²) in [5.74, 6) is 1.40. The maximum absolute atomic E-state index is 10.8. The summed E-state index contributed by atoms with van der Waals surface area (Å²) in [6.07, 6.45) is 2.19. The number of hydrogen-bond acceptors (Lipinski definition) is 8. The van der Waals surface area contributed by atoms with Crippen LogP contribution in [0.5, 0.6) is 5.75 Å². The Bertz CT molecular complexity index is 1330. The summed E-state index contributed by atoms with van der Waals surface area (Å²) in [6.45, 7) is 4.96. The number of hydrogen-bond donors (Lipinski definition) is 4. The minimum absolute atomic E-state index is 0.0570. The minimum atomic E-state index is -0.776. The number of carbonyl (C=O) groups is 1. The van der Waals surface area contributed by atoms with Crippen LogP contribution in [0.25, 0.3) is 20.3 Å². The zero-order valence-electron chi connectivity index (χ0n) is 21.0. The van der Waals surface area contributed by atoms with Gasteiger partial charge in [-0.3, -0.25) is 4.79 Å². The van der Waals surface area contributed by atoms with Gasteiger partial charge in [-0.25, -0.2) is 9.97 Å². The highest BCUT2D eigenvalue weighted by atomic mass is 35.5. The van der Waals surface area contributed by atoms with Crippen LogP contribution in [0.2, 0.25) is 5.02 Å². The highest BCUT2D eigenvalue weighted by Gasteiger charge is 2.15. The number of unbranched alkanes of at least 4 members (excludes halogenated alkanes) is 1. The Hall–Kier alpha value is -2.98. The third kappa shape index (κ3) is 8.26. The standard InChI is InChI=1S/C25H26ClN3O3S.C2H7NO/c1-15(2)32-19-12-11-16(13-18(19)26)14-27-24-23-17-7-3-4-8-20(17)33-25(23)29-21(28-24)9-5-6-10-22(30)31;3-1-2-4/h3-4,7-8,11-13,15H,5-6,9-10,14H2,1-2H3,(H,30,31)(H,27,28,29);4H,1-3H2. The van der Waals surface area contributed by atoms with Gasteiger partial charge in [-0.2, -0.15) is 0 Å². The Morgan fingerprint density at radius 3 is 2.62 bits per heavy atom. The van der Waals surface area contributed by atoms with E-state index in [4.69, 9.17) is 42.3 Å². The van der Waals surface area contributed by atoms with Crippen LogP contribution >= 0.6 is 22.9 Å². The van der Waals surface area contributed by atoms with Gasteiger partial charge in [0.15, 0.2) is 0 Å². The molecule has 198 valence electrons. The fourth-order valence-corrected chi connectivity index (χ4v) is 5.00. The first-order valence-corrected chi connectivity index (χ1v) is 13.4. The van der Waals surface area contributed by atoms with Gasteiger partial charge in [-0.05, 0) is 50.5 Å². The summed E-state index contributed by atoms with van der Waals surface area (Å²) in [5.41, 5.74) is 5.80. The predicted octanol–water partition coefficient (Wildman–Crippen LogP) is 5.63. The number of nitrogens with zero attached hydrogens (tertiary/aromatic N) is 2. The third-order valence-corrected chi connectivity index (χ3v) is 6.63. The number of rotatable bonds is 11. The van der Waals surface area contributed by atoms with E-state index in [0.29, 0.717) is 36.7 Å². The zero-order chi connectivity index (χ0) is 26.8. The number of halogens is 1. The fraction of sp³-hybridized carbons (Fsp3) is 0.370. The SMILES string of the molecule is CC(C)Oc1ccc(CNc2nc(CCCCC(=O)O)nc3sc4ccccc4c23)cc1Cl.NCCO. The van der Waals surface area contributed by atoms with Crippen molar-refractivity contribution in [1.82, 2.24) is 9.97 Å². The molecule has 37 heavy (non-hydrogen) atoms. The van der Waals surface area contributed by atoms with Crippen molar-refractivity contribution in [3.05, 3.63) is 58.9 Å². The molecule has 0 bridgehead atoms. The molecule has 0 aliphatic carbocycles. The van der Waals surface area contributed by atoms with Gasteiger partial charge in [0, 0.05) is 36.0 Å². The Balaban J connectivity index is 0.000000886. The summed E-state index contributed by atoms with van der Waals surface area (Å²) < 4.78 is 6.89. The van der Waals surface area contributed by atoms with E-state index in [1.165, 1.54) is 0 Å². The van der Waals surface area contributed by atoms with E-state index in [0.717, 1.165) is 43.9 Å². The van der Waals surface area contributed by atoms with Gasteiger partial charge in [-0.15, -0.1) is 11.3 Å². The summed E-state index contributed by atoms with van der Waals surface area (Å²) in [7, 11) is 0. The van der Waals surface area contributed by atoms with Crippen LogP contribution in [0.1, 0.15) is 44.5 Å². The number of aromatic nitrogens is 2. The molecule has 2 aromatic heterocycles. The summed E-state index contributed by atoms with van der Waals surface area (Å²) >= 11 is 8.05. The molecule has 0 aliphatic heterocycles. The van der Waals surface area contributed by atoms with Crippen molar-refractivity contribution < 1.29 is 19.7 Å². The number of thiophene rings is 1. The van der Waals surface area contributed by atoms with Crippen molar-refractivity contribution in [2.75, 3.05) is 18.5 Å². The Morgan fingerprint density at radius 1 is 1.19 bits per heavy atom. The number of anilines is 1. The average Bonchev–Trinajstić information content (AvgIpc) is 3.25. The van der Waals surface area contributed by atoms with Gasteiger partial charge in [0.05, 0.1) is 23.1 Å². The lowest BCUT2D eigenvalue weighted by atomic mass is 10.1. The van der Waals surface area contributed by atoms with E-state index >= 15 is 0 Å². The molecule has 4 aromatic rings. The number of benzene rings is 2. The predicted molar refractivity (Wildman–Crippen MR) is 151 cm³/mol. The fourth-order valence-electron chi connectivity index (χ4n) is 3.66. The van der Waals surface area contributed by atoms with Gasteiger partial charge in [0.1, 0.15) is 22.2 Å². The highest BCUT2D eigenvalue weighted by molar-refractivity contribution is 7.25. The zero-order valence-corrected chi connectivity index (χ0v) is 22.6. The van der Waals surface area contributed by atoms with Crippen molar-refractivity contribution >= 4 is 55.0 Å². The molecule has 0 amide bonds. The van der Waals surface area contributed by atoms with E-state index < -0.39 is 5.97 Å². The number of aliphatic hydroxyl groups is 1. The molecule has 0 saturated carbocycles. The molecular weight excluding hydrogens is 512 g/mol. The molecule has 0 radical (unpaired) electrons. The molecular formula is C27H33ClN4O4S. The van der Waals surface area contributed by atoms with Crippen LogP contribution in [-0.2, 0) is 17.8 Å². The molecule has 2 heterocycles. The number of ether oxygens (including phenoxy) is 1. The Morgan fingerprint density at radius 2 is 1.95 bits per heavy atom. The van der Waals surface area contributed by atoms with Crippen molar-refractivity contribution in [3.8, 4) is 5.75 Å². The van der Waals surface area contributed by atoms with E-state index in [1.54, 1.807) is 11.3 Å². The molecule has 0 fully saturated rings. The molecule has 0 unspecified atom stereocenters. The van der Waals surface area contributed by atoms with Crippen molar-refractivity contribution in [2.45, 2.75) is 52.2 Å². The number of nitrogens with one attached hydrogen (secondary N) is 1. The van der Waals surface area contributed by atoms with Gasteiger partial charge < -0.3 is 26.0 Å². The lowest BCUT2D eigenvalue weighted by molar-refractivity contribution is -0.137. The molecule has 10 heteroatoms. The molecule has 8 nitrogen and oxygen atoms in total. The van der Waals surface area contributed by atoms with E-state index in [1.807, 2.05) is 44.2 Å². The Labute approximate surface area is 225 Å². The molecule has 5 N–H and O–H groups in total. The van der Waals surface area contributed by atoms with E-state index in [-0.39, 0.29) is 19.1 Å². The van der Waals surface area contributed by atoms with Crippen molar-refractivity contribution in [3.63, 3.8) is 0 Å². The molecule has 4 rings (SSSR count). The second-order valence-corrected chi connectivity index (χ2v) is 10.1. The third-order valence-electron chi connectivity index (χ3n) is 5.27. The lowest BCUT2D eigenvalue weighted by Gasteiger charge is -2.13. The number of aryl methyl sites for hydroxylation is 1. The number of nitrogens with two attached hydrogens (primary N) is 1. The first-order chi connectivity index (χ1) is 17.8. The molecule has 2 aromatic carbocycles. The summed E-state index contributed by atoms with van der Waals surface area (Å²) in [6, 6.07) is 14.0. The van der Waals surface area contributed by atoms with Crippen molar-refractivity contribution in [1.29, 1.82) is 0 Å². The monoisotopic (exact) mass is 544 g/mol. The largest absolute Gasteiger partial charge is 0.489 e. The first-order valence-electron chi connectivity index (χ1n) is 12.2. The van der Waals surface area contributed by atoms with Crippen LogP contribution in [0.4, 0.5) is 5.82 Å². The second-order valence-electron chi connectivity index (χ2n) is 8.66. The normalized spacial score (nSPS) is 11.0. The molecule has 0 aliphatic rings. The van der Waals surface area contributed by atoms with Crippen LogP contribution in [-0.4, -0.2) is 45.4 Å². The average molecular weight is 545 g/mol. The number of aliphatic carboxylic acids is 1. The summed E-state index contributed by atoms with van der Waals surface area (Å²) in [4.78, 5) is 21.3. The van der Waals surface area contributed by atoms with E-state index in [2.05, 4.69) is 17.4 Å². The smallest absolute Gasteiger partial charge is 0.303 e. The van der Waals surface area contributed by atoms with Gasteiger partial charge in [0.25, 0.3) is 0 Å². The number of carboxylic acid groups (broad SMARTS) is 1. The lowest BCUT2D eigenvalue weighted by Crippen LogP contribution is -2.07. The van der Waals surface area contributed by atoms with Crippen LogP contribution in [0, 0.1) is 0 Å². The molecule has 0 atom stereocenters. The van der Waals surface area contributed by atoms with Gasteiger partial charge in [0.2, 0.25) is 0 Å². The van der Waals surface area contributed by atoms with Crippen molar-refractivity contribution in [2.24, 2.45) is 5.73 Å². The highest BCUT2D eigenvalue weighted by Crippen LogP contribution is 2.37. The maximum Gasteiger partial charge on any atom is 0.303 e. The van der Waals surface area contributed by atoms with E-state index in [9.17, 15) is 4.79 Å². The Kier molecular flexibility index (Phi) is 10.9. The minimum Gasteiger partial charge on any atom is -0.489 e. The molecule has 0 spiro atoms. The second kappa shape index (κ2) is 14.1. The molecule has 0 saturated heterocycles. The topological polar surface area (TPSA) is 131 Å². The maximum atomic E-state index is 10.8. The van der Waals surface area contributed by atoms with Crippen LogP contribution in [0.3, 0.4) is 0 Å². The quantitative estimate of drug-likeness (QED) is 0.179. The van der Waals surface area contributed by atoms with Crippen LogP contribution < -0.4 is 15.8 Å². The first kappa shape index (κ1) is 28.6. The summed E-state index contributed by atoms with van der Waals surface area (Å²) in [5, 5.41) is 22.8.